The highest BCUT2D eigenvalue weighted by atomic mass is 16.2. The Hall–Kier alpha value is -1.79. The van der Waals surface area contributed by atoms with Gasteiger partial charge in [-0.2, -0.15) is 0 Å². The Labute approximate surface area is 101 Å². The lowest BCUT2D eigenvalue weighted by atomic mass is 10.1. The summed E-state index contributed by atoms with van der Waals surface area (Å²) in [5, 5.41) is 8.58. The molecule has 0 heterocycles. The van der Waals surface area contributed by atoms with Crippen molar-refractivity contribution in [2.24, 2.45) is 0 Å². The smallest absolute Gasteiger partial charge is 0.253 e. The molecule has 0 saturated heterocycles. The summed E-state index contributed by atoms with van der Waals surface area (Å²) in [4.78, 5) is 13.8. The normalized spacial score (nSPS) is 13.8. The molecule has 0 unspecified atom stereocenters. The van der Waals surface area contributed by atoms with Crippen molar-refractivity contribution < 1.29 is 9.90 Å². The van der Waals surface area contributed by atoms with E-state index in [4.69, 9.17) is 5.11 Å². The largest absolute Gasteiger partial charge is 0.384 e. The molecule has 1 aromatic carbocycles. The van der Waals surface area contributed by atoms with Crippen LogP contribution in [0.2, 0.25) is 0 Å². The fraction of sp³-hybridized carbons (Fsp3) is 0.357. The van der Waals surface area contributed by atoms with E-state index in [1.54, 1.807) is 29.2 Å². The molecular formula is C14H15NO2. The summed E-state index contributed by atoms with van der Waals surface area (Å²) in [6.45, 7) is -0.148. The molecule has 1 saturated carbocycles. The molecule has 1 N–H and O–H groups in total. The third-order valence-electron chi connectivity index (χ3n) is 2.86. The summed E-state index contributed by atoms with van der Waals surface area (Å²) in [5.41, 5.74) is 1.50. The zero-order chi connectivity index (χ0) is 12.3. The molecule has 1 aliphatic carbocycles. The van der Waals surface area contributed by atoms with Crippen LogP contribution in [0.3, 0.4) is 0 Å². The zero-order valence-corrected chi connectivity index (χ0v) is 9.81. The number of aliphatic hydroxyl groups is 1. The SMILES string of the molecule is CN(C(=O)c1ccc(C#CCO)cc1)C1CC1. The van der Waals surface area contributed by atoms with Gasteiger partial charge >= 0.3 is 0 Å². The number of amides is 1. The molecular weight excluding hydrogens is 214 g/mol. The van der Waals surface area contributed by atoms with Gasteiger partial charge < -0.3 is 10.0 Å². The molecule has 0 aliphatic heterocycles. The third-order valence-corrected chi connectivity index (χ3v) is 2.86. The van der Waals surface area contributed by atoms with Crippen LogP contribution < -0.4 is 0 Å². The van der Waals surface area contributed by atoms with E-state index in [9.17, 15) is 4.79 Å². The van der Waals surface area contributed by atoms with E-state index in [0.29, 0.717) is 11.6 Å². The number of carbonyl (C=O) groups is 1. The molecule has 1 amide bonds. The Bertz CT molecular complexity index is 463. The van der Waals surface area contributed by atoms with E-state index < -0.39 is 0 Å². The molecule has 1 aromatic rings. The molecule has 0 radical (unpaired) electrons. The standard InChI is InChI=1S/C14H15NO2/c1-15(13-8-9-13)14(17)12-6-4-11(5-7-12)3-2-10-16/h4-7,13,16H,8-10H2,1H3. The monoisotopic (exact) mass is 229 g/mol. The van der Waals surface area contributed by atoms with Gasteiger partial charge in [0.05, 0.1) is 0 Å². The lowest BCUT2D eigenvalue weighted by Gasteiger charge is -2.15. The van der Waals surface area contributed by atoms with E-state index in [2.05, 4.69) is 11.8 Å². The van der Waals surface area contributed by atoms with E-state index in [-0.39, 0.29) is 12.5 Å². The zero-order valence-electron chi connectivity index (χ0n) is 9.81. The van der Waals surface area contributed by atoms with Crippen LogP contribution in [0.1, 0.15) is 28.8 Å². The fourth-order valence-corrected chi connectivity index (χ4v) is 1.67. The van der Waals surface area contributed by atoms with Crippen molar-refractivity contribution in [2.75, 3.05) is 13.7 Å². The Morgan fingerprint density at radius 3 is 2.59 bits per heavy atom. The Morgan fingerprint density at radius 1 is 1.41 bits per heavy atom. The third kappa shape index (κ3) is 2.86. The van der Waals surface area contributed by atoms with Gasteiger partial charge in [0.1, 0.15) is 6.61 Å². The van der Waals surface area contributed by atoms with Gasteiger partial charge in [0.15, 0.2) is 0 Å². The second-order valence-corrected chi connectivity index (χ2v) is 4.18. The molecule has 0 bridgehead atoms. The molecule has 1 aliphatic rings. The van der Waals surface area contributed by atoms with Gasteiger partial charge in [-0.25, -0.2) is 0 Å². The topological polar surface area (TPSA) is 40.5 Å². The molecule has 3 nitrogen and oxygen atoms in total. The predicted molar refractivity (Wildman–Crippen MR) is 65.5 cm³/mol. The molecule has 17 heavy (non-hydrogen) atoms. The van der Waals surface area contributed by atoms with Gasteiger partial charge in [0, 0.05) is 24.2 Å². The highest BCUT2D eigenvalue weighted by Gasteiger charge is 2.29. The van der Waals surface area contributed by atoms with Gasteiger partial charge in [0.2, 0.25) is 0 Å². The number of aliphatic hydroxyl groups excluding tert-OH is 1. The van der Waals surface area contributed by atoms with Crippen LogP contribution in [0.25, 0.3) is 0 Å². The van der Waals surface area contributed by atoms with E-state index in [1.165, 1.54) is 0 Å². The first kappa shape index (κ1) is 11.7. The van der Waals surface area contributed by atoms with Crippen molar-refractivity contribution in [1.29, 1.82) is 0 Å². The fourth-order valence-electron chi connectivity index (χ4n) is 1.67. The highest BCUT2D eigenvalue weighted by Crippen LogP contribution is 2.26. The number of benzene rings is 1. The van der Waals surface area contributed by atoms with Crippen LogP contribution in [-0.4, -0.2) is 35.6 Å². The second kappa shape index (κ2) is 5.03. The minimum atomic E-state index is -0.148. The van der Waals surface area contributed by atoms with E-state index >= 15 is 0 Å². The summed E-state index contributed by atoms with van der Waals surface area (Å²) in [7, 11) is 1.85. The van der Waals surface area contributed by atoms with Crippen LogP contribution in [0.15, 0.2) is 24.3 Å². The maximum absolute atomic E-state index is 12.0. The van der Waals surface area contributed by atoms with Crippen molar-refractivity contribution in [2.45, 2.75) is 18.9 Å². The van der Waals surface area contributed by atoms with Crippen LogP contribution in [0, 0.1) is 11.8 Å². The highest BCUT2D eigenvalue weighted by molar-refractivity contribution is 5.94. The Kier molecular flexibility index (Phi) is 3.46. The Balaban J connectivity index is 2.09. The molecule has 1 fully saturated rings. The minimum Gasteiger partial charge on any atom is -0.384 e. The van der Waals surface area contributed by atoms with Crippen molar-refractivity contribution in [1.82, 2.24) is 4.90 Å². The van der Waals surface area contributed by atoms with Gasteiger partial charge in [-0.1, -0.05) is 11.8 Å². The quantitative estimate of drug-likeness (QED) is 0.776. The summed E-state index contributed by atoms with van der Waals surface area (Å²) in [6.07, 6.45) is 2.23. The summed E-state index contributed by atoms with van der Waals surface area (Å²) in [6, 6.07) is 7.59. The first-order chi connectivity index (χ1) is 8.22. The van der Waals surface area contributed by atoms with Gasteiger partial charge in [-0.15, -0.1) is 0 Å². The molecule has 2 rings (SSSR count). The first-order valence-electron chi connectivity index (χ1n) is 5.69. The second-order valence-electron chi connectivity index (χ2n) is 4.18. The minimum absolute atomic E-state index is 0.0640. The van der Waals surface area contributed by atoms with E-state index in [0.717, 1.165) is 18.4 Å². The molecule has 0 atom stereocenters. The number of rotatable bonds is 2. The maximum Gasteiger partial charge on any atom is 0.253 e. The summed E-state index contributed by atoms with van der Waals surface area (Å²) < 4.78 is 0. The van der Waals surface area contributed by atoms with Crippen LogP contribution >= 0.6 is 0 Å². The predicted octanol–water partition coefficient (Wildman–Crippen LogP) is 1.26. The first-order valence-corrected chi connectivity index (χ1v) is 5.69. The van der Waals surface area contributed by atoms with Crippen LogP contribution in [0.5, 0.6) is 0 Å². The lowest BCUT2D eigenvalue weighted by molar-refractivity contribution is 0.0785. The van der Waals surface area contributed by atoms with Crippen LogP contribution in [-0.2, 0) is 0 Å². The molecule has 0 spiro atoms. The molecule has 88 valence electrons. The van der Waals surface area contributed by atoms with Crippen molar-refractivity contribution in [3.63, 3.8) is 0 Å². The number of carbonyl (C=O) groups excluding carboxylic acids is 1. The molecule has 3 heteroatoms. The Morgan fingerprint density at radius 2 is 2.06 bits per heavy atom. The number of hydrogen-bond acceptors (Lipinski definition) is 2. The van der Waals surface area contributed by atoms with Crippen LogP contribution in [0.4, 0.5) is 0 Å². The average Bonchev–Trinajstić information content (AvgIpc) is 3.19. The maximum atomic E-state index is 12.0. The van der Waals surface area contributed by atoms with Crippen molar-refractivity contribution in [3.05, 3.63) is 35.4 Å². The van der Waals surface area contributed by atoms with Gasteiger partial charge in [0.25, 0.3) is 5.91 Å². The average molecular weight is 229 g/mol. The van der Waals surface area contributed by atoms with Gasteiger partial charge in [-0.05, 0) is 37.1 Å². The lowest BCUT2D eigenvalue weighted by Crippen LogP contribution is -2.28. The van der Waals surface area contributed by atoms with E-state index in [1.807, 2.05) is 7.05 Å². The number of nitrogens with zero attached hydrogens (tertiary/aromatic N) is 1. The van der Waals surface area contributed by atoms with Gasteiger partial charge in [-0.3, -0.25) is 4.79 Å². The summed E-state index contributed by atoms with van der Waals surface area (Å²) in [5.74, 6) is 5.44. The number of hydrogen-bond donors (Lipinski definition) is 1. The summed E-state index contributed by atoms with van der Waals surface area (Å²) >= 11 is 0. The van der Waals surface area contributed by atoms with Crippen molar-refractivity contribution in [3.8, 4) is 11.8 Å². The molecule has 0 aromatic heterocycles. The van der Waals surface area contributed by atoms with Crippen molar-refractivity contribution >= 4 is 5.91 Å².